The second kappa shape index (κ2) is 7.91. The van der Waals surface area contributed by atoms with Crippen molar-refractivity contribution in [1.29, 1.82) is 0 Å². The molecule has 2 N–H and O–H groups in total. The quantitative estimate of drug-likeness (QED) is 0.774. The van der Waals surface area contributed by atoms with Crippen molar-refractivity contribution in [2.45, 2.75) is 59.0 Å². The van der Waals surface area contributed by atoms with Crippen LogP contribution in [-0.4, -0.2) is 12.6 Å². The lowest BCUT2D eigenvalue weighted by Gasteiger charge is -2.33. The molecule has 3 heteroatoms. The van der Waals surface area contributed by atoms with Gasteiger partial charge in [-0.25, -0.2) is 0 Å². The standard InChI is InChI=1S/C16H27BrN2/c1-5-7-10-19(12(3)6-2)16-11-14(17)8-9-15(16)13(4)18/h8-9,11-13H,5-7,10,18H2,1-4H3. The first-order valence-corrected chi connectivity index (χ1v) is 8.12. The number of benzene rings is 1. The minimum absolute atomic E-state index is 0.0660. The molecule has 1 rings (SSSR count). The van der Waals surface area contributed by atoms with E-state index in [0.717, 1.165) is 17.4 Å². The van der Waals surface area contributed by atoms with Crippen LogP contribution in [0.2, 0.25) is 0 Å². The number of halogens is 1. The van der Waals surface area contributed by atoms with Gasteiger partial charge in [-0.05, 0) is 44.4 Å². The molecule has 0 heterocycles. The number of hydrogen-bond donors (Lipinski definition) is 1. The molecule has 0 aliphatic heterocycles. The summed E-state index contributed by atoms with van der Waals surface area (Å²) in [5.41, 5.74) is 8.65. The molecule has 0 aliphatic carbocycles. The molecule has 0 aromatic heterocycles. The smallest absolute Gasteiger partial charge is 0.0428 e. The maximum Gasteiger partial charge on any atom is 0.0428 e. The maximum atomic E-state index is 6.13. The van der Waals surface area contributed by atoms with Crippen LogP contribution in [0.4, 0.5) is 5.69 Å². The molecule has 0 radical (unpaired) electrons. The van der Waals surface area contributed by atoms with Crippen LogP contribution in [0.1, 0.15) is 58.6 Å². The third-order valence-corrected chi connectivity index (χ3v) is 4.16. The highest BCUT2D eigenvalue weighted by atomic mass is 79.9. The summed E-state index contributed by atoms with van der Waals surface area (Å²) >= 11 is 3.59. The topological polar surface area (TPSA) is 29.3 Å². The zero-order valence-corrected chi connectivity index (χ0v) is 14.2. The minimum Gasteiger partial charge on any atom is -0.369 e. The molecule has 0 fully saturated rings. The molecule has 19 heavy (non-hydrogen) atoms. The third kappa shape index (κ3) is 4.50. The van der Waals surface area contributed by atoms with E-state index in [4.69, 9.17) is 5.73 Å². The first kappa shape index (κ1) is 16.5. The molecule has 2 unspecified atom stereocenters. The van der Waals surface area contributed by atoms with Gasteiger partial charge in [-0.1, -0.05) is 42.3 Å². The Morgan fingerprint density at radius 3 is 2.47 bits per heavy atom. The Morgan fingerprint density at radius 2 is 1.95 bits per heavy atom. The van der Waals surface area contributed by atoms with Crippen molar-refractivity contribution in [2.24, 2.45) is 5.73 Å². The number of hydrogen-bond acceptors (Lipinski definition) is 2. The van der Waals surface area contributed by atoms with E-state index in [0.29, 0.717) is 6.04 Å². The molecular formula is C16H27BrN2. The summed E-state index contributed by atoms with van der Waals surface area (Å²) in [7, 11) is 0. The molecule has 0 bridgehead atoms. The summed E-state index contributed by atoms with van der Waals surface area (Å²) in [5, 5.41) is 0. The van der Waals surface area contributed by atoms with Gasteiger partial charge in [0, 0.05) is 28.8 Å². The first-order chi connectivity index (χ1) is 9.01. The van der Waals surface area contributed by atoms with Crippen LogP contribution in [0.15, 0.2) is 22.7 Å². The lowest BCUT2D eigenvalue weighted by Crippen LogP contribution is -2.34. The van der Waals surface area contributed by atoms with E-state index in [1.807, 2.05) is 0 Å². The van der Waals surface area contributed by atoms with Crippen molar-refractivity contribution >= 4 is 21.6 Å². The predicted molar refractivity (Wildman–Crippen MR) is 88.8 cm³/mol. The minimum atomic E-state index is 0.0660. The summed E-state index contributed by atoms with van der Waals surface area (Å²) < 4.78 is 1.12. The Morgan fingerprint density at radius 1 is 1.26 bits per heavy atom. The second-order valence-electron chi connectivity index (χ2n) is 5.30. The van der Waals surface area contributed by atoms with Gasteiger partial charge in [0.05, 0.1) is 0 Å². The van der Waals surface area contributed by atoms with Crippen LogP contribution in [0.3, 0.4) is 0 Å². The van der Waals surface area contributed by atoms with Gasteiger partial charge in [0.25, 0.3) is 0 Å². The van der Waals surface area contributed by atoms with Crippen LogP contribution >= 0.6 is 15.9 Å². The van der Waals surface area contributed by atoms with E-state index in [9.17, 15) is 0 Å². The Balaban J connectivity index is 3.15. The van der Waals surface area contributed by atoms with Gasteiger partial charge < -0.3 is 10.6 Å². The fourth-order valence-corrected chi connectivity index (χ4v) is 2.63. The molecule has 0 saturated carbocycles. The zero-order valence-electron chi connectivity index (χ0n) is 12.6. The van der Waals surface area contributed by atoms with Crippen molar-refractivity contribution in [1.82, 2.24) is 0 Å². The summed E-state index contributed by atoms with van der Waals surface area (Å²) in [5.74, 6) is 0. The van der Waals surface area contributed by atoms with E-state index in [1.54, 1.807) is 0 Å². The molecule has 1 aromatic rings. The largest absolute Gasteiger partial charge is 0.369 e. The Labute approximate surface area is 126 Å². The predicted octanol–water partition coefficient (Wildman–Crippen LogP) is 4.87. The normalized spacial score (nSPS) is 14.2. The highest BCUT2D eigenvalue weighted by Gasteiger charge is 2.18. The molecule has 0 saturated heterocycles. The van der Waals surface area contributed by atoms with Gasteiger partial charge in [0.2, 0.25) is 0 Å². The van der Waals surface area contributed by atoms with Crippen molar-refractivity contribution in [3.05, 3.63) is 28.2 Å². The number of rotatable bonds is 7. The average Bonchev–Trinajstić information content (AvgIpc) is 2.38. The van der Waals surface area contributed by atoms with Gasteiger partial charge in [-0.3, -0.25) is 0 Å². The fourth-order valence-electron chi connectivity index (χ4n) is 2.28. The lowest BCUT2D eigenvalue weighted by molar-refractivity contribution is 0.591. The summed E-state index contributed by atoms with van der Waals surface area (Å²) in [4.78, 5) is 2.51. The van der Waals surface area contributed by atoms with Crippen LogP contribution in [-0.2, 0) is 0 Å². The van der Waals surface area contributed by atoms with Gasteiger partial charge in [-0.15, -0.1) is 0 Å². The monoisotopic (exact) mass is 326 g/mol. The van der Waals surface area contributed by atoms with Gasteiger partial charge >= 0.3 is 0 Å². The van der Waals surface area contributed by atoms with E-state index in [2.05, 4.69) is 66.7 Å². The maximum absolute atomic E-state index is 6.13. The molecule has 0 amide bonds. The molecular weight excluding hydrogens is 300 g/mol. The van der Waals surface area contributed by atoms with E-state index >= 15 is 0 Å². The van der Waals surface area contributed by atoms with Crippen molar-refractivity contribution in [3.63, 3.8) is 0 Å². The SMILES string of the molecule is CCCCN(c1cc(Br)ccc1C(C)N)C(C)CC. The van der Waals surface area contributed by atoms with E-state index in [1.165, 1.54) is 24.1 Å². The van der Waals surface area contributed by atoms with Crippen molar-refractivity contribution in [3.8, 4) is 0 Å². The first-order valence-electron chi connectivity index (χ1n) is 7.32. The Hall–Kier alpha value is -0.540. The van der Waals surface area contributed by atoms with Crippen molar-refractivity contribution < 1.29 is 0 Å². The molecule has 1 aromatic carbocycles. The number of unbranched alkanes of at least 4 members (excludes halogenated alkanes) is 1. The summed E-state index contributed by atoms with van der Waals surface area (Å²) in [6, 6.07) is 7.04. The molecule has 2 nitrogen and oxygen atoms in total. The average molecular weight is 327 g/mol. The highest BCUT2D eigenvalue weighted by Crippen LogP contribution is 2.31. The lowest BCUT2D eigenvalue weighted by atomic mass is 10.0. The van der Waals surface area contributed by atoms with Crippen LogP contribution in [0, 0.1) is 0 Å². The van der Waals surface area contributed by atoms with Crippen molar-refractivity contribution in [2.75, 3.05) is 11.4 Å². The fraction of sp³-hybridized carbons (Fsp3) is 0.625. The molecule has 0 aliphatic rings. The molecule has 2 atom stereocenters. The number of nitrogens with zero attached hydrogens (tertiary/aromatic N) is 1. The van der Waals surface area contributed by atoms with Gasteiger partial charge in [0.1, 0.15) is 0 Å². The van der Waals surface area contributed by atoms with Crippen LogP contribution in [0.5, 0.6) is 0 Å². The van der Waals surface area contributed by atoms with E-state index in [-0.39, 0.29) is 6.04 Å². The number of nitrogens with two attached hydrogens (primary N) is 1. The molecule has 0 spiro atoms. The third-order valence-electron chi connectivity index (χ3n) is 3.67. The summed E-state index contributed by atoms with van der Waals surface area (Å²) in [6.07, 6.45) is 3.58. The Bertz CT molecular complexity index is 390. The van der Waals surface area contributed by atoms with Crippen LogP contribution < -0.4 is 10.6 Å². The highest BCUT2D eigenvalue weighted by molar-refractivity contribution is 9.10. The van der Waals surface area contributed by atoms with Gasteiger partial charge in [0.15, 0.2) is 0 Å². The summed E-state index contributed by atoms with van der Waals surface area (Å²) in [6.45, 7) is 9.93. The number of anilines is 1. The molecule has 108 valence electrons. The van der Waals surface area contributed by atoms with Gasteiger partial charge in [-0.2, -0.15) is 0 Å². The van der Waals surface area contributed by atoms with Crippen LogP contribution in [0.25, 0.3) is 0 Å². The second-order valence-corrected chi connectivity index (χ2v) is 6.21. The Kier molecular flexibility index (Phi) is 6.87. The van der Waals surface area contributed by atoms with E-state index < -0.39 is 0 Å². The zero-order chi connectivity index (χ0) is 14.4.